The molecule has 0 saturated carbocycles. The van der Waals surface area contributed by atoms with E-state index >= 15 is 0 Å². The first-order chi connectivity index (χ1) is 11.0. The molecule has 1 aromatic rings. The first kappa shape index (κ1) is 18.0. The normalized spacial score (nSPS) is 19.5. The summed E-state index contributed by atoms with van der Waals surface area (Å²) in [6, 6.07) is 9.80. The molecule has 128 valence electrons. The van der Waals surface area contributed by atoms with E-state index < -0.39 is 6.10 Å². The summed E-state index contributed by atoms with van der Waals surface area (Å²) < 4.78 is 0. The van der Waals surface area contributed by atoms with E-state index in [9.17, 15) is 9.90 Å². The Morgan fingerprint density at radius 3 is 2.39 bits per heavy atom. The van der Waals surface area contributed by atoms with Crippen molar-refractivity contribution >= 4 is 5.91 Å². The standard InChI is InChI=1S/C19H30N2O2/c1-14(2)21-11-9-16(10-12-21)13-18(22)20-15(3)19(23)17-7-5-4-6-8-17/h4-8,14-16,19,23H,9-13H2,1-3H3,(H,20,22)/t15-,19-/m0/s1. The zero-order chi connectivity index (χ0) is 16.8. The first-order valence-electron chi connectivity index (χ1n) is 8.73. The van der Waals surface area contributed by atoms with Gasteiger partial charge in [-0.2, -0.15) is 0 Å². The van der Waals surface area contributed by atoms with Crippen LogP contribution in [0.3, 0.4) is 0 Å². The van der Waals surface area contributed by atoms with Gasteiger partial charge >= 0.3 is 0 Å². The minimum atomic E-state index is -0.664. The van der Waals surface area contributed by atoms with Crippen LogP contribution in [-0.4, -0.2) is 41.1 Å². The Morgan fingerprint density at radius 2 is 1.83 bits per heavy atom. The number of benzene rings is 1. The molecular weight excluding hydrogens is 288 g/mol. The summed E-state index contributed by atoms with van der Waals surface area (Å²) >= 11 is 0. The largest absolute Gasteiger partial charge is 0.386 e. The smallest absolute Gasteiger partial charge is 0.220 e. The lowest BCUT2D eigenvalue weighted by Crippen LogP contribution is -2.41. The second-order valence-corrected chi connectivity index (χ2v) is 6.99. The van der Waals surface area contributed by atoms with Crippen molar-refractivity contribution in [1.82, 2.24) is 10.2 Å². The second kappa shape index (κ2) is 8.46. The third-order valence-electron chi connectivity index (χ3n) is 4.86. The van der Waals surface area contributed by atoms with Crippen LogP contribution in [0.1, 0.15) is 51.7 Å². The van der Waals surface area contributed by atoms with Crippen LogP contribution in [0.25, 0.3) is 0 Å². The summed E-state index contributed by atoms with van der Waals surface area (Å²) in [5.74, 6) is 0.515. The van der Waals surface area contributed by atoms with Crippen molar-refractivity contribution in [3.63, 3.8) is 0 Å². The number of hydrogen-bond acceptors (Lipinski definition) is 3. The van der Waals surface area contributed by atoms with E-state index in [4.69, 9.17) is 0 Å². The molecule has 23 heavy (non-hydrogen) atoms. The van der Waals surface area contributed by atoms with Gasteiger partial charge in [0.1, 0.15) is 0 Å². The number of nitrogens with one attached hydrogen (secondary N) is 1. The number of rotatable bonds is 6. The Hall–Kier alpha value is -1.39. The highest BCUT2D eigenvalue weighted by Gasteiger charge is 2.24. The predicted octanol–water partition coefficient (Wildman–Crippen LogP) is 2.74. The van der Waals surface area contributed by atoms with Crippen molar-refractivity contribution < 1.29 is 9.90 Å². The number of aliphatic hydroxyl groups is 1. The molecule has 1 aromatic carbocycles. The van der Waals surface area contributed by atoms with Crippen LogP contribution >= 0.6 is 0 Å². The molecule has 0 bridgehead atoms. The van der Waals surface area contributed by atoms with Gasteiger partial charge in [-0.1, -0.05) is 30.3 Å². The number of aliphatic hydroxyl groups excluding tert-OH is 1. The highest BCUT2D eigenvalue weighted by Crippen LogP contribution is 2.22. The van der Waals surface area contributed by atoms with Crippen LogP contribution in [-0.2, 0) is 4.79 Å². The number of carbonyl (C=O) groups excluding carboxylic acids is 1. The molecule has 0 unspecified atom stereocenters. The quantitative estimate of drug-likeness (QED) is 0.848. The monoisotopic (exact) mass is 318 g/mol. The number of likely N-dealkylation sites (tertiary alicyclic amines) is 1. The molecule has 2 atom stereocenters. The maximum atomic E-state index is 12.2. The summed E-state index contributed by atoms with van der Waals surface area (Å²) in [5.41, 5.74) is 0.838. The van der Waals surface area contributed by atoms with Gasteiger partial charge in [-0.25, -0.2) is 0 Å². The highest BCUT2D eigenvalue weighted by atomic mass is 16.3. The maximum absolute atomic E-state index is 12.2. The van der Waals surface area contributed by atoms with Crippen molar-refractivity contribution in [2.24, 2.45) is 5.92 Å². The molecule has 2 rings (SSSR count). The molecule has 1 heterocycles. The lowest BCUT2D eigenvalue weighted by atomic mass is 9.92. The molecule has 0 radical (unpaired) electrons. The lowest BCUT2D eigenvalue weighted by molar-refractivity contribution is -0.123. The summed E-state index contributed by atoms with van der Waals surface area (Å²) in [6.45, 7) is 8.46. The van der Waals surface area contributed by atoms with Crippen molar-refractivity contribution in [1.29, 1.82) is 0 Å². The van der Waals surface area contributed by atoms with Crippen LogP contribution in [0.5, 0.6) is 0 Å². The molecule has 1 amide bonds. The average molecular weight is 318 g/mol. The second-order valence-electron chi connectivity index (χ2n) is 6.99. The fourth-order valence-corrected chi connectivity index (χ4v) is 3.27. The topological polar surface area (TPSA) is 52.6 Å². The van der Waals surface area contributed by atoms with E-state index in [1.54, 1.807) is 0 Å². The molecular formula is C19H30N2O2. The molecule has 0 aromatic heterocycles. The maximum Gasteiger partial charge on any atom is 0.220 e. The highest BCUT2D eigenvalue weighted by molar-refractivity contribution is 5.76. The summed E-state index contributed by atoms with van der Waals surface area (Å²) in [5, 5.41) is 13.3. The number of nitrogens with zero attached hydrogens (tertiary/aromatic N) is 1. The van der Waals surface area contributed by atoms with E-state index in [1.165, 1.54) is 0 Å². The van der Waals surface area contributed by atoms with Gasteiger partial charge in [-0.05, 0) is 58.2 Å². The van der Waals surface area contributed by atoms with E-state index in [1.807, 2.05) is 37.3 Å². The molecule has 1 saturated heterocycles. The van der Waals surface area contributed by atoms with Gasteiger partial charge in [0.25, 0.3) is 0 Å². The summed E-state index contributed by atoms with van der Waals surface area (Å²) in [4.78, 5) is 14.7. The first-order valence-corrected chi connectivity index (χ1v) is 8.73. The molecule has 2 N–H and O–H groups in total. The van der Waals surface area contributed by atoms with Gasteiger partial charge in [-0.3, -0.25) is 4.79 Å². The van der Waals surface area contributed by atoms with Gasteiger partial charge in [0.15, 0.2) is 0 Å². The van der Waals surface area contributed by atoms with Crippen molar-refractivity contribution in [2.45, 2.75) is 58.2 Å². The lowest BCUT2D eigenvalue weighted by Gasteiger charge is -2.34. The summed E-state index contributed by atoms with van der Waals surface area (Å²) in [6.07, 6.45) is 2.07. The molecule has 4 nitrogen and oxygen atoms in total. The Balaban J connectivity index is 1.76. The Kier molecular flexibility index (Phi) is 6.60. The number of carbonyl (C=O) groups is 1. The van der Waals surface area contributed by atoms with Gasteiger partial charge in [0.05, 0.1) is 12.1 Å². The average Bonchev–Trinajstić information content (AvgIpc) is 2.55. The Labute approximate surface area is 139 Å². The van der Waals surface area contributed by atoms with E-state index in [2.05, 4.69) is 24.1 Å². The zero-order valence-corrected chi connectivity index (χ0v) is 14.5. The molecule has 0 spiro atoms. The van der Waals surface area contributed by atoms with E-state index in [-0.39, 0.29) is 11.9 Å². The van der Waals surface area contributed by atoms with Crippen molar-refractivity contribution in [2.75, 3.05) is 13.1 Å². The number of amides is 1. The Bertz CT molecular complexity index is 481. The third-order valence-corrected chi connectivity index (χ3v) is 4.86. The van der Waals surface area contributed by atoms with Gasteiger partial charge < -0.3 is 15.3 Å². The van der Waals surface area contributed by atoms with Crippen molar-refractivity contribution in [3.8, 4) is 0 Å². The molecule has 1 aliphatic rings. The summed E-state index contributed by atoms with van der Waals surface area (Å²) in [7, 11) is 0. The molecule has 0 aliphatic carbocycles. The third kappa shape index (κ3) is 5.33. The number of hydrogen-bond donors (Lipinski definition) is 2. The molecule has 1 fully saturated rings. The predicted molar refractivity (Wildman–Crippen MR) is 93.1 cm³/mol. The van der Waals surface area contributed by atoms with Crippen LogP contribution in [0.4, 0.5) is 0 Å². The minimum absolute atomic E-state index is 0.0514. The fourth-order valence-electron chi connectivity index (χ4n) is 3.27. The molecule has 1 aliphatic heterocycles. The van der Waals surface area contributed by atoms with Gasteiger partial charge in [0, 0.05) is 12.5 Å². The number of piperidine rings is 1. The zero-order valence-electron chi connectivity index (χ0n) is 14.5. The van der Waals surface area contributed by atoms with Crippen LogP contribution in [0.2, 0.25) is 0 Å². The van der Waals surface area contributed by atoms with Gasteiger partial charge in [-0.15, -0.1) is 0 Å². The van der Waals surface area contributed by atoms with E-state index in [0.29, 0.717) is 18.4 Å². The van der Waals surface area contributed by atoms with Crippen molar-refractivity contribution in [3.05, 3.63) is 35.9 Å². The van der Waals surface area contributed by atoms with Crippen LogP contribution in [0, 0.1) is 5.92 Å². The minimum Gasteiger partial charge on any atom is -0.386 e. The van der Waals surface area contributed by atoms with E-state index in [0.717, 1.165) is 31.5 Å². The van der Waals surface area contributed by atoms with Gasteiger partial charge in [0.2, 0.25) is 5.91 Å². The fraction of sp³-hybridized carbons (Fsp3) is 0.632. The van der Waals surface area contributed by atoms with Crippen LogP contribution in [0.15, 0.2) is 30.3 Å². The van der Waals surface area contributed by atoms with Crippen LogP contribution < -0.4 is 5.32 Å². The molecule has 4 heteroatoms. The Morgan fingerprint density at radius 1 is 1.22 bits per heavy atom. The SMILES string of the molecule is CC(C)N1CCC(CC(=O)N[C@@H](C)[C@H](O)c2ccccc2)CC1.